The molecule has 0 atom stereocenters. The Balaban J connectivity index is 1.56. The molecule has 0 aliphatic heterocycles. The number of likely N-dealkylation sites (N-methyl/N-ethyl adjacent to an activating group) is 1. The van der Waals surface area contributed by atoms with E-state index in [0.717, 1.165) is 41.3 Å². The van der Waals surface area contributed by atoms with Gasteiger partial charge in [0.25, 0.3) is 5.91 Å². The smallest absolute Gasteiger partial charge is 0.338 e. The van der Waals surface area contributed by atoms with E-state index in [2.05, 4.69) is 0 Å². The number of hydrogen-bond donors (Lipinski definition) is 1. The summed E-state index contributed by atoms with van der Waals surface area (Å²) >= 11 is 0. The number of methoxy groups -OCH3 is 1. The van der Waals surface area contributed by atoms with Crippen molar-refractivity contribution in [2.75, 3.05) is 20.8 Å². The normalized spacial score (nSPS) is 15.8. The van der Waals surface area contributed by atoms with Crippen LogP contribution >= 0.6 is 0 Å². The maximum Gasteiger partial charge on any atom is 0.338 e. The quantitative estimate of drug-likeness (QED) is 0.774. The third kappa shape index (κ3) is 4.62. The van der Waals surface area contributed by atoms with E-state index in [1.54, 1.807) is 14.2 Å². The first-order valence-corrected chi connectivity index (χ1v) is 9.61. The number of amides is 1. The van der Waals surface area contributed by atoms with Crippen molar-refractivity contribution in [3.63, 3.8) is 0 Å². The van der Waals surface area contributed by atoms with E-state index in [0.29, 0.717) is 19.4 Å². The van der Waals surface area contributed by atoms with Crippen molar-refractivity contribution >= 4 is 22.6 Å². The summed E-state index contributed by atoms with van der Waals surface area (Å²) in [6.07, 6.45) is 3.41. The van der Waals surface area contributed by atoms with E-state index in [4.69, 9.17) is 9.47 Å². The topological polar surface area (TPSA) is 76.1 Å². The second-order valence-electron chi connectivity index (χ2n) is 7.47. The lowest BCUT2D eigenvalue weighted by molar-refractivity contribution is -0.172. The monoisotopic (exact) mass is 385 g/mol. The SMILES string of the molecule is COc1ccc2cc(CN(C)C(=O)COC(=O)C3(O)CCCCC3)ccc2c1. The Hall–Kier alpha value is -2.60. The lowest BCUT2D eigenvalue weighted by Crippen LogP contribution is -2.43. The summed E-state index contributed by atoms with van der Waals surface area (Å²) in [7, 11) is 3.31. The van der Waals surface area contributed by atoms with Crippen LogP contribution in [0, 0.1) is 0 Å². The summed E-state index contributed by atoms with van der Waals surface area (Å²) in [4.78, 5) is 26.0. The van der Waals surface area contributed by atoms with Gasteiger partial charge in [0.15, 0.2) is 12.2 Å². The van der Waals surface area contributed by atoms with E-state index in [1.165, 1.54) is 4.90 Å². The average molecular weight is 385 g/mol. The summed E-state index contributed by atoms with van der Waals surface area (Å²) in [5, 5.41) is 12.5. The van der Waals surface area contributed by atoms with Crippen molar-refractivity contribution < 1.29 is 24.2 Å². The van der Waals surface area contributed by atoms with Gasteiger partial charge in [-0.25, -0.2) is 4.79 Å². The largest absolute Gasteiger partial charge is 0.497 e. The van der Waals surface area contributed by atoms with Crippen LogP contribution in [-0.4, -0.2) is 48.2 Å². The number of aliphatic hydroxyl groups is 1. The molecule has 0 saturated heterocycles. The third-order valence-corrected chi connectivity index (χ3v) is 5.34. The standard InChI is InChI=1S/C22H27NO5/c1-23(20(24)15-28-21(25)22(26)10-4-3-5-11-22)14-16-6-7-18-13-19(27-2)9-8-17(18)12-16/h6-9,12-13,26H,3-5,10-11,14-15H2,1-2H3. The molecule has 0 unspecified atom stereocenters. The molecule has 2 aromatic rings. The molecule has 1 aliphatic carbocycles. The molecule has 2 aromatic carbocycles. The number of ether oxygens (including phenoxy) is 2. The minimum Gasteiger partial charge on any atom is -0.497 e. The predicted molar refractivity (Wildman–Crippen MR) is 106 cm³/mol. The van der Waals surface area contributed by atoms with Gasteiger partial charge in [0.2, 0.25) is 0 Å². The molecule has 0 radical (unpaired) electrons. The molecule has 0 bridgehead atoms. The zero-order valence-electron chi connectivity index (χ0n) is 16.4. The summed E-state index contributed by atoms with van der Waals surface area (Å²) < 4.78 is 10.3. The van der Waals surface area contributed by atoms with Gasteiger partial charge in [-0.3, -0.25) is 4.79 Å². The van der Waals surface area contributed by atoms with E-state index >= 15 is 0 Å². The van der Waals surface area contributed by atoms with Crippen LogP contribution in [0.2, 0.25) is 0 Å². The third-order valence-electron chi connectivity index (χ3n) is 5.34. The highest BCUT2D eigenvalue weighted by Crippen LogP contribution is 2.29. The first-order valence-electron chi connectivity index (χ1n) is 9.61. The van der Waals surface area contributed by atoms with Crippen LogP contribution in [0.15, 0.2) is 36.4 Å². The number of rotatable bonds is 6. The van der Waals surface area contributed by atoms with Crippen LogP contribution in [0.3, 0.4) is 0 Å². The number of benzene rings is 2. The van der Waals surface area contributed by atoms with Crippen LogP contribution in [0.5, 0.6) is 5.75 Å². The van der Waals surface area contributed by atoms with Crippen molar-refractivity contribution in [3.05, 3.63) is 42.0 Å². The highest BCUT2D eigenvalue weighted by molar-refractivity contribution is 5.85. The Morgan fingerprint density at radius 2 is 1.75 bits per heavy atom. The molecule has 150 valence electrons. The van der Waals surface area contributed by atoms with Gasteiger partial charge in [-0.2, -0.15) is 0 Å². The fraction of sp³-hybridized carbons (Fsp3) is 0.455. The Bertz CT molecular complexity index is 857. The van der Waals surface area contributed by atoms with Crippen molar-refractivity contribution in [3.8, 4) is 5.75 Å². The Morgan fingerprint density at radius 3 is 2.46 bits per heavy atom. The van der Waals surface area contributed by atoms with E-state index in [-0.39, 0.29) is 12.5 Å². The molecule has 0 heterocycles. The van der Waals surface area contributed by atoms with Crippen molar-refractivity contribution in [2.45, 2.75) is 44.2 Å². The molecule has 0 aromatic heterocycles. The summed E-state index contributed by atoms with van der Waals surface area (Å²) in [5.74, 6) is -0.190. The minimum absolute atomic E-state index is 0.303. The molecular weight excluding hydrogens is 358 g/mol. The number of carbonyl (C=O) groups is 2. The average Bonchev–Trinajstić information content (AvgIpc) is 2.71. The molecule has 1 N–H and O–H groups in total. The fourth-order valence-corrected chi connectivity index (χ4v) is 3.57. The van der Waals surface area contributed by atoms with E-state index in [9.17, 15) is 14.7 Å². The highest BCUT2D eigenvalue weighted by atomic mass is 16.6. The molecule has 6 nitrogen and oxygen atoms in total. The molecular formula is C22H27NO5. The number of fused-ring (bicyclic) bond motifs is 1. The van der Waals surface area contributed by atoms with E-state index < -0.39 is 11.6 Å². The van der Waals surface area contributed by atoms with Crippen LogP contribution in [0.4, 0.5) is 0 Å². The second-order valence-corrected chi connectivity index (χ2v) is 7.47. The summed E-state index contributed by atoms with van der Waals surface area (Å²) in [6, 6.07) is 11.8. The van der Waals surface area contributed by atoms with Crippen molar-refractivity contribution in [1.82, 2.24) is 4.90 Å². The molecule has 1 fully saturated rings. The van der Waals surface area contributed by atoms with Gasteiger partial charge in [-0.1, -0.05) is 24.6 Å². The fourth-order valence-electron chi connectivity index (χ4n) is 3.57. The van der Waals surface area contributed by atoms with Gasteiger partial charge in [0, 0.05) is 13.6 Å². The van der Waals surface area contributed by atoms with Gasteiger partial charge >= 0.3 is 5.97 Å². The summed E-state index contributed by atoms with van der Waals surface area (Å²) in [6.45, 7) is 0.0467. The zero-order valence-corrected chi connectivity index (χ0v) is 16.4. The van der Waals surface area contributed by atoms with E-state index in [1.807, 2.05) is 36.4 Å². The van der Waals surface area contributed by atoms with Crippen LogP contribution < -0.4 is 4.74 Å². The lowest BCUT2D eigenvalue weighted by atomic mass is 9.85. The number of hydrogen-bond acceptors (Lipinski definition) is 5. The Kier molecular flexibility index (Phi) is 6.19. The number of nitrogens with zero attached hydrogens (tertiary/aromatic N) is 1. The van der Waals surface area contributed by atoms with Gasteiger partial charge in [-0.15, -0.1) is 0 Å². The van der Waals surface area contributed by atoms with Crippen molar-refractivity contribution in [2.24, 2.45) is 0 Å². The lowest BCUT2D eigenvalue weighted by Gasteiger charge is -2.29. The first kappa shape index (κ1) is 20.1. The Labute approximate surface area is 165 Å². The zero-order chi connectivity index (χ0) is 20.1. The molecule has 3 rings (SSSR count). The first-order chi connectivity index (χ1) is 13.4. The molecule has 0 spiro atoms. The minimum atomic E-state index is -1.43. The predicted octanol–water partition coefficient (Wildman–Crippen LogP) is 3.05. The maximum absolute atomic E-state index is 12.3. The molecule has 1 saturated carbocycles. The molecule has 1 amide bonds. The van der Waals surface area contributed by atoms with Gasteiger partial charge in [0.05, 0.1) is 7.11 Å². The second kappa shape index (κ2) is 8.61. The molecule has 6 heteroatoms. The van der Waals surface area contributed by atoms with Crippen molar-refractivity contribution in [1.29, 1.82) is 0 Å². The van der Waals surface area contributed by atoms with Crippen LogP contribution in [-0.2, 0) is 20.9 Å². The summed E-state index contributed by atoms with van der Waals surface area (Å²) in [5.41, 5.74) is -0.456. The number of carbonyl (C=O) groups excluding carboxylic acids is 2. The molecule has 1 aliphatic rings. The number of esters is 1. The van der Waals surface area contributed by atoms with Crippen LogP contribution in [0.1, 0.15) is 37.7 Å². The molecule has 28 heavy (non-hydrogen) atoms. The Morgan fingerprint density at radius 1 is 1.07 bits per heavy atom. The highest BCUT2D eigenvalue weighted by Gasteiger charge is 2.39. The van der Waals surface area contributed by atoms with Crippen LogP contribution in [0.25, 0.3) is 10.8 Å². The maximum atomic E-state index is 12.3. The van der Waals surface area contributed by atoms with Gasteiger partial charge < -0.3 is 19.5 Å². The van der Waals surface area contributed by atoms with Gasteiger partial charge in [-0.05, 0) is 60.2 Å². The van der Waals surface area contributed by atoms with Gasteiger partial charge in [0.1, 0.15) is 5.75 Å².